The Hall–Kier alpha value is -3.14. The van der Waals surface area contributed by atoms with Gasteiger partial charge >= 0.3 is 5.97 Å². The van der Waals surface area contributed by atoms with Crippen LogP contribution in [0.15, 0.2) is 36.5 Å². The fraction of sp³-hybridized carbons (Fsp3) is 0.250. The molecule has 2 aromatic heterocycles. The van der Waals surface area contributed by atoms with Crippen LogP contribution in [0.1, 0.15) is 22.5 Å². The Kier molecular flexibility index (Phi) is 4.06. The van der Waals surface area contributed by atoms with Gasteiger partial charge in [-0.05, 0) is 18.2 Å². The Morgan fingerprint density at radius 2 is 2.26 bits per heavy atom. The van der Waals surface area contributed by atoms with E-state index in [-0.39, 0.29) is 11.8 Å². The van der Waals surface area contributed by atoms with Crippen LogP contribution in [0, 0.1) is 11.3 Å². The highest BCUT2D eigenvalue weighted by molar-refractivity contribution is 5.85. The molecule has 0 aliphatic carbocycles. The van der Waals surface area contributed by atoms with E-state index in [1.165, 1.54) is 12.3 Å². The van der Waals surface area contributed by atoms with Crippen LogP contribution >= 0.6 is 0 Å². The van der Waals surface area contributed by atoms with Gasteiger partial charge < -0.3 is 14.7 Å². The largest absolute Gasteiger partial charge is 0.477 e. The third-order valence-corrected chi connectivity index (χ3v) is 3.58. The van der Waals surface area contributed by atoms with Crippen LogP contribution < -0.4 is 9.64 Å². The third-order valence-electron chi connectivity index (χ3n) is 3.58. The molecule has 3 heterocycles. The number of anilines is 1. The average Bonchev–Trinajstić information content (AvgIpc) is 3.04. The van der Waals surface area contributed by atoms with E-state index in [4.69, 9.17) is 15.1 Å². The standard InChI is InChI=1S/C16H14N4O3/c17-8-11-4-5-15(18-9-11)23-12-6-7-20(10-12)14-3-1-2-13(19-14)16(21)22/h1-5,9,12H,6-7,10H2,(H,21,22). The number of hydrogen-bond donors (Lipinski definition) is 1. The molecular formula is C16H14N4O3. The van der Waals surface area contributed by atoms with E-state index in [9.17, 15) is 4.79 Å². The van der Waals surface area contributed by atoms with Gasteiger partial charge in [-0.25, -0.2) is 14.8 Å². The van der Waals surface area contributed by atoms with Crippen molar-refractivity contribution in [1.82, 2.24) is 9.97 Å². The van der Waals surface area contributed by atoms with Gasteiger partial charge in [-0.2, -0.15) is 5.26 Å². The van der Waals surface area contributed by atoms with E-state index in [1.807, 2.05) is 11.0 Å². The lowest BCUT2D eigenvalue weighted by atomic mass is 10.3. The van der Waals surface area contributed by atoms with Crippen molar-refractivity contribution in [2.24, 2.45) is 0 Å². The molecule has 0 spiro atoms. The quantitative estimate of drug-likeness (QED) is 0.917. The molecule has 1 unspecified atom stereocenters. The van der Waals surface area contributed by atoms with Crippen LogP contribution in [0.5, 0.6) is 5.88 Å². The van der Waals surface area contributed by atoms with E-state index in [2.05, 4.69) is 9.97 Å². The van der Waals surface area contributed by atoms with Crippen molar-refractivity contribution in [2.45, 2.75) is 12.5 Å². The molecular weight excluding hydrogens is 296 g/mol. The first-order chi connectivity index (χ1) is 11.2. The van der Waals surface area contributed by atoms with Gasteiger partial charge in [0.15, 0.2) is 5.69 Å². The topological polar surface area (TPSA) is 99.3 Å². The predicted molar refractivity (Wildman–Crippen MR) is 81.4 cm³/mol. The van der Waals surface area contributed by atoms with Crippen LogP contribution in [0.25, 0.3) is 0 Å². The second kappa shape index (κ2) is 6.32. The average molecular weight is 310 g/mol. The smallest absolute Gasteiger partial charge is 0.354 e. The Labute approximate surface area is 132 Å². The number of carbonyl (C=O) groups is 1. The van der Waals surface area contributed by atoms with Gasteiger partial charge in [0.05, 0.1) is 12.1 Å². The molecule has 0 saturated carbocycles. The summed E-state index contributed by atoms with van der Waals surface area (Å²) < 4.78 is 5.80. The highest BCUT2D eigenvalue weighted by Crippen LogP contribution is 2.21. The Balaban J connectivity index is 1.65. The van der Waals surface area contributed by atoms with Crippen LogP contribution in [-0.2, 0) is 0 Å². The first kappa shape index (κ1) is 14.8. The lowest BCUT2D eigenvalue weighted by Crippen LogP contribution is -2.25. The number of nitrogens with zero attached hydrogens (tertiary/aromatic N) is 4. The second-order valence-electron chi connectivity index (χ2n) is 5.16. The molecule has 1 saturated heterocycles. The number of carboxylic acid groups (broad SMARTS) is 1. The number of aromatic nitrogens is 2. The van der Waals surface area contributed by atoms with Crippen LogP contribution in [0.3, 0.4) is 0 Å². The minimum atomic E-state index is -1.04. The van der Waals surface area contributed by atoms with Gasteiger partial charge in [0, 0.05) is 25.2 Å². The van der Waals surface area contributed by atoms with Gasteiger partial charge in [-0.1, -0.05) is 6.07 Å². The summed E-state index contributed by atoms with van der Waals surface area (Å²) in [5.74, 6) is 0.0625. The summed E-state index contributed by atoms with van der Waals surface area (Å²) in [7, 11) is 0. The van der Waals surface area contributed by atoms with Crippen LogP contribution in [0.4, 0.5) is 5.82 Å². The second-order valence-corrected chi connectivity index (χ2v) is 5.16. The summed E-state index contributed by atoms with van der Waals surface area (Å²) >= 11 is 0. The van der Waals surface area contributed by atoms with Crippen molar-refractivity contribution < 1.29 is 14.6 Å². The molecule has 0 radical (unpaired) electrons. The summed E-state index contributed by atoms with van der Waals surface area (Å²) in [6.07, 6.45) is 2.21. The number of aromatic carboxylic acids is 1. The van der Waals surface area contributed by atoms with E-state index >= 15 is 0 Å². The zero-order valence-electron chi connectivity index (χ0n) is 12.2. The highest BCUT2D eigenvalue weighted by atomic mass is 16.5. The maximum atomic E-state index is 11.0. The summed E-state index contributed by atoms with van der Waals surface area (Å²) in [4.78, 5) is 21.2. The molecule has 7 nitrogen and oxygen atoms in total. The summed E-state index contributed by atoms with van der Waals surface area (Å²) in [5.41, 5.74) is 0.515. The lowest BCUT2D eigenvalue weighted by molar-refractivity contribution is 0.0690. The summed E-state index contributed by atoms with van der Waals surface area (Å²) in [5, 5.41) is 17.8. The Morgan fingerprint density at radius 1 is 1.39 bits per heavy atom. The van der Waals surface area contributed by atoms with Crippen molar-refractivity contribution >= 4 is 11.8 Å². The molecule has 0 aromatic carbocycles. The maximum Gasteiger partial charge on any atom is 0.354 e. The number of hydrogen-bond acceptors (Lipinski definition) is 6. The molecule has 1 N–H and O–H groups in total. The molecule has 1 aliphatic rings. The fourth-order valence-corrected chi connectivity index (χ4v) is 2.44. The van der Waals surface area contributed by atoms with Crippen molar-refractivity contribution in [1.29, 1.82) is 5.26 Å². The number of ether oxygens (including phenoxy) is 1. The maximum absolute atomic E-state index is 11.0. The molecule has 1 fully saturated rings. The van der Waals surface area contributed by atoms with E-state index in [1.54, 1.807) is 24.3 Å². The van der Waals surface area contributed by atoms with E-state index < -0.39 is 5.97 Å². The van der Waals surface area contributed by atoms with Gasteiger partial charge in [-0.3, -0.25) is 0 Å². The molecule has 116 valence electrons. The number of nitriles is 1. The summed E-state index contributed by atoms with van der Waals surface area (Å²) in [6.45, 7) is 1.34. The van der Waals surface area contributed by atoms with Crippen molar-refractivity contribution in [3.63, 3.8) is 0 Å². The molecule has 2 aromatic rings. The third kappa shape index (κ3) is 3.37. The zero-order valence-corrected chi connectivity index (χ0v) is 12.2. The minimum Gasteiger partial charge on any atom is -0.477 e. The number of pyridine rings is 2. The fourth-order valence-electron chi connectivity index (χ4n) is 2.44. The highest BCUT2D eigenvalue weighted by Gasteiger charge is 2.25. The summed E-state index contributed by atoms with van der Waals surface area (Å²) in [6, 6.07) is 10.3. The van der Waals surface area contributed by atoms with Crippen molar-refractivity contribution in [3.8, 4) is 11.9 Å². The lowest BCUT2D eigenvalue weighted by Gasteiger charge is -2.18. The minimum absolute atomic E-state index is 0.0284. The monoisotopic (exact) mass is 310 g/mol. The van der Waals surface area contributed by atoms with Gasteiger partial charge in [0.2, 0.25) is 5.88 Å². The van der Waals surface area contributed by atoms with Gasteiger partial charge in [-0.15, -0.1) is 0 Å². The molecule has 1 aliphatic heterocycles. The van der Waals surface area contributed by atoms with Crippen LogP contribution in [-0.4, -0.2) is 40.2 Å². The van der Waals surface area contributed by atoms with Gasteiger partial charge in [0.25, 0.3) is 0 Å². The molecule has 7 heteroatoms. The molecule has 0 bridgehead atoms. The number of rotatable bonds is 4. The number of carboxylic acids is 1. The molecule has 23 heavy (non-hydrogen) atoms. The first-order valence-electron chi connectivity index (χ1n) is 7.14. The normalized spacial score (nSPS) is 16.8. The van der Waals surface area contributed by atoms with Gasteiger partial charge in [0.1, 0.15) is 18.0 Å². The van der Waals surface area contributed by atoms with E-state index in [0.717, 1.165) is 13.0 Å². The SMILES string of the molecule is N#Cc1ccc(OC2CCN(c3cccc(C(=O)O)n3)C2)nc1. The van der Waals surface area contributed by atoms with Crippen molar-refractivity contribution in [2.75, 3.05) is 18.0 Å². The zero-order chi connectivity index (χ0) is 16.2. The Morgan fingerprint density at radius 3 is 2.96 bits per heavy atom. The van der Waals surface area contributed by atoms with Crippen LogP contribution in [0.2, 0.25) is 0 Å². The predicted octanol–water partition coefficient (Wildman–Crippen LogP) is 1.70. The molecule has 3 rings (SSSR count). The first-order valence-corrected chi connectivity index (χ1v) is 7.14. The molecule has 0 amide bonds. The molecule has 1 atom stereocenters. The van der Waals surface area contributed by atoms with Crippen molar-refractivity contribution in [3.05, 3.63) is 47.8 Å². The Bertz CT molecular complexity index is 755. The van der Waals surface area contributed by atoms with E-state index in [0.29, 0.717) is 23.8 Å².